The maximum Gasteiger partial charge on any atom is 0.265 e. The van der Waals surface area contributed by atoms with Gasteiger partial charge in [0.05, 0.1) is 5.69 Å². The minimum atomic E-state index is -0.652. The molecule has 0 spiro atoms. The first-order valence-electron chi connectivity index (χ1n) is 8.17. The van der Waals surface area contributed by atoms with Gasteiger partial charge in [-0.2, -0.15) is 0 Å². The van der Waals surface area contributed by atoms with Gasteiger partial charge in [0.1, 0.15) is 11.5 Å². The number of anilines is 1. The molecule has 0 unspecified atom stereocenters. The van der Waals surface area contributed by atoms with Crippen LogP contribution in [0.25, 0.3) is 0 Å². The van der Waals surface area contributed by atoms with Gasteiger partial charge in [-0.15, -0.1) is 0 Å². The van der Waals surface area contributed by atoms with Crippen LogP contribution < -0.4 is 14.8 Å². The van der Waals surface area contributed by atoms with Gasteiger partial charge < -0.3 is 14.8 Å². The number of hydrogen-bond acceptors (Lipinski definition) is 3. The van der Waals surface area contributed by atoms with Crippen LogP contribution >= 0.6 is 15.9 Å². The zero-order valence-corrected chi connectivity index (χ0v) is 15.8. The number of nitrogens with one attached hydrogen (secondary N) is 1. The van der Waals surface area contributed by atoms with E-state index in [-0.39, 0.29) is 5.91 Å². The first-order chi connectivity index (χ1) is 12.6. The second kappa shape index (κ2) is 8.54. The van der Waals surface area contributed by atoms with Crippen LogP contribution in [0.5, 0.6) is 17.2 Å². The fourth-order valence-electron chi connectivity index (χ4n) is 2.28. The minimum absolute atomic E-state index is 0.253. The molecule has 3 aromatic carbocycles. The molecule has 0 saturated heterocycles. The molecule has 0 bridgehead atoms. The second-order valence-electron chi connectivity index (χ2n) is 5.61. The summed E-state index contributed by atoms with van der Waals surface area (Å²) in [5, 5.41) is 2.86. The summed E-state index contributed by atoms with van der Waals surface area (Å²) in [4.78, 5) is 12.5. The van der Waals surface area contributed by atoms with Crippen molar-refractivity contribution in [1.82, 2.24) is 0 Å². The third-order valence-electron chi connectivity index (χ3n) is 3.61. The molecule has 0 radical (unpaired) electrons. The molecule has 0 saturated carbocycles. The second-order valence-corrected chi connectivity index (χ2v) is 6.53. The van der Waals surface area contributed by atoms with Gasteiger partial charge in [0.2, 0.25) is 0 Å². The van der Waals surface area contributed by atoms with Crippen molar-refractivity contribution in [3.05, 3.63) is 83.3 Å². The van der Waals surface area contributed by atoms with Gasteiger partial charge in [-0.1, -0.05) is 46.3 Å². The minimum Gasteiger partial charge on any atom is -0.481 e. The predicted molar refractivity (Wildman–Crippen MR) is 106 cm³/mol. The van der Waals surface area contributed by atoms with Gasteiger partial charge in [-0.3, -0.25) is 4.79 Å². The predicted octanol–water partition coefficient (Wildman–Crippen LogP) is 5.65. The highest BCUT2D eigenvalue weighted by Gasteiger charge is 2.17. The standard InChI is InChI=1S/C21H18BrNO3/c1-15(25-18-13-11-16(22)12-14-18)21(24)23-19-9-5-6-10-20(19)26-17-7-3-2-4-8-17/h2-15H,1H3,(H,23,24)/t15-/m0/s1. The van der Waals surface area contributed by atoms with Crippen molar-refractivity contribution in [3.63, 3.8) is 0 Å². The Labute approximate surface area is 160 Å². The third kappa shape index (κ3) is 4.86. The van der Waals surface area contributed by atoms with Crippen LogP contribution in [-0.2, 0) is 4.79 Å². The quantitative estimate of drug-likeness (QED) is 0.570. The normalized spacial score (nSPS) is 11.5. The molecule has 0 aliphatic heterocycles. The topological polar surface area (TPSA) is 47.6 Å². The molecule has 1 N–H and O–H groups in total. The van der Waals surface area contributed by atoms with E-state index in [1.807, 2.05) is 60.7 Å². The maximum absolute atomic E-state index is 12.5. The van der Waals surface area contributed by atoms with E-state index in [0.29, 0.717) is 22.9 Å². The number of para-hydroxylation sites is 3. The summed E-state index contributed by atoms with van der Waals surface area (Å²) >= 11 is 3.37. The number of carbonyl (C=O) groups excluding carboxylic acids is 1. The van der Waals surface area contributed by atoms with Crippen molar-refractivity contribution < 1.29 is 14.3 Å². The summed E-state index contributed by atoms with van der Waals surface area (Å²) in [5.41, 5.74) is 0.590. The number of halogens is 1. The Morgan fingerprint density at radius 1 is 0.885 bits per heavy atom. The Bertz CT molecular complexity index is 866. The van der Waals surface area contributed by atoms with Crippen molar-refractivity contribution in [2.24, 2.45) is 0 Å². The van der Waals surface area contributed by atoms with Crippen molar-refractivity contribution in [2.75, 3.05) is 5.32 Å². The number of benzene rings is 3. The summed E-state index contributed by atoms with van der Waals surface area (Å²) in [6.07, 6.45) is -0.652. The fourth-order valence-corrected chi connectivity index (χ4v) is 2.54. The smallest absolute Gasteiger partial charge is 0.265 e. The first-order valence-corrected chi connectivity index (χ1v) is 8.96. The van der Waals surface area contributed by atoms with E-state index in [0.717, 1.165) is 4.47 Å². The van der Waals surface area contributed by atoms with Gasteiger partial charge in [-0.05, 0) is 55.5 Å². The zero-order chi connectivity index (χ0) is 18.4. The summed E-state index contributed by atoms with van der Waals surface area (Å²) in [6.45, 7) is 1.71. The van der Waals surface area contributed by atoms with Gasteiger partial charge in [0, 0.05) is 4.47 Å². The molecule has 1 amide bonds. The average molecular weight is 412 g/mol. The highest BCUT2D eigenvalue weighted by molar-refractivity contribution is 9.10. The Morgan fingerprint density at radius 2 is 1.54 bits per heavy atom. The van der Waals surface area contributed by atoms with Crippen LogP contribution in [0.15, 0.2) is 83.3 Å². The van der Waals surface area contributed by atoms with Crippen molar-refractivity contribution in [1.29, 1.82) is 0 Å². The Morgan fingerprint density at radius 3 is 2.27 bits per heavy atom. The molecule has 3 rings (SSSR count). The summed E-state index contributed by atoms with van der Waals surface area (Å²) in [7, 11) is 0. The van der Waals surface area contributed by atoms with E-state index < -0.39 is 6.10 Å². The largest absolute Gasteiger partial charge is 0.481 e. The van der Waals surface area contributed by atoms with E-state index in [1.54, 1.807) is 25.1 Å². The van der Waals surface area contributed by atoms with E-state index in [1.165, 1.54) is 0 Å². The first kappa shape index (κ1) is 18.0. The third-order valence-corrected chi connectivity index (χ3v) is 4.14. The lowest BCUT2D eigenvalue weighted by molar-refractivity contribution is -0.122. The average Bonchev–Trinajstić information content (AvgIpc) is 2.66. The molecule has 0 aliphatic carbocycles. The number of ether oxygens (including phenoxy) is 2. The van der Waals surface area contributed by atoms with E-state index in [9.17, 15) is 4.79 Å². The SMILES string of the molecule is C[C@H](Oc1ccc(Br)cc1)C(=O)Nc1ccccc1Oc1ccccc1. The van der Waals surface area contributed by atoms with Crippen LogP contribution in [0.1, 0.15) is 6.92 Å². The molecular weight excluding hydrogens is 394 g/mol. The highest BCUT2D eigenvalue weighted by Crippen LogP contribution is 2.29. The molecule has 26 heavy (non-hydrogen) atoms. The van der Waals surface area contributed by atoms with E-state index in [2.05, 4.69) is 21.2 Å². The number of hydrogen-bond donors (Lipinski definition) is 1. The van der Waals surface area contributed by atoms with Gasteiger partial charge >= 0.3 is 0 Å². The Hall–Kier alpha value is -2.79. The van der Waals surface area contributed by atoms with Crippen LogP contribution in [0.4, 0.5) is 5.69 Å². The fraction of sp³-hybridized carbons (Fsp3) is 0.0952. The van der Waals surface area contributed by atoms with Crippen LogP contribution in [0.2, 0.25) is 0 Å². The van der Waals surface area contributed by atoms with Crippen molar-refractivity contribution in [3.8, 4) is 17.2 Å². The molecule has 132 valence electrons. The number of rotatable bonds is 6. The van der Waals surface area contributed by atoms with Crippen molar-refractivity contribution >= 4 is 27.5 Å². The van der Waals surface area contributed by atoms with Crippen LogP contribution in [0, 0.1) is 0 Å². The molecule has 4 nitrogen and oxygen atoms in total. The molecule has 3 aromatic rings. The summed E-state index contributed by atoms with van der Waals surface area (Å²) in [5.74, 6) is 1.65. The lowest BCUT2D eigenvalue weighted by Crippen LogP contribution is -2.30. The highest BCUT2D eigenvalue weighted by atomic mass is 79.9. The van der Waals surface area contributed by atoms with Gasteiger partial charge in [-0.25, -0.2) is 0 Å². The molecule has 0 heterocycles. The van der Waals surface area contributed by atoms with Gasteiger partial charge in [0.15, 0.2) is 11.9 Å². The zero-order valence-electron chi connectivity index (χ0n) is 14.2. The monoisotopic (exact) mass is 411 g/mol. The van der Waals surface area contributed by atoms with Crippen LogP contribution in [-0.4, -0.2) is 12.0 Å². The van der Waals surface area contributed by atoms with Gasteiger partial charge in [0.25, 0.3) is 5.91 Å². The lowest BCUT2D eigenvalue weighted by atomic mass is 10.2. The van der Waals surface area contributed by atoms with E-state index in [4.69, 9.17) is 9.47 Å². The molecular formula is C21H18BrNO3. The Kier molecular flexibility index (Phi) is 5.92. The molecule has 0 fully saturated rings. The van der Waals surface area contributed by atoms with E-state index >= 15 is 0 Å². The molecule has 1 atom stereocenters. The Balaban J connectivity index is 1.68. The molecule has 5 heteroatoms. The summed E-state index contributed by atoms with van der Waals surface area (Å²) < 4.78 is 12.5. The number of carbonyl (C=O) groups is 1. The summed E-state index contributed by atoms with van der Waals surface area (Å²) in [6, 6.07) is 24.1. The van der Waals surface area contributed by atoms with Crippen molar-refractivity contribution in [2.45, 2.75) is 13.0 Å². The molecule has 0 aromatic heterocycles. The number of amides is 1. The molecule has 0 aliphatic rings. The lowest BCUT2D eigenvalue weighted by Gasteiger charge is -2.16. The maximum atomic E-state index is 12.5. The van der Waals surface area contributed by atoms with Crippen LogP contribution in [0.3, 0.4) is 0 Å².